The van der Waals surface area contributed by atoms with Gasteiger partial charge in [-0.1, -0.05) is 6.07 Å². The standard InChI is InChI=1S/C19H24N4O3/c1-5-25-17-12-15(13-21-22-18-8-6-7-11-20-18)9-10-16(17)26-14(2)19(24)23(3)4/h6-14H,5H2,1-4H3,(H,20,22)/b21-13-/t14-/m0/s1. The summed E-state index contributed by atoms with van der Waals surface area (Å²) in [6.45, 7) is 4.09. The third kappa shape index (κ3) is 5.47. The van der Waals surface area contributed by atoms with Crippen LogP contribution in [0.2, 0.25) is 0 Å². The molecule has 0 fully saturated rings. The number of aromatic nitrogens is 1. The van der Waals surface area contributed by atoms with Gasteiger partial charge >= 0.3 is 0 Å². The van der Waals surface area contributed by atoms with Gasteiger partial charge < -0.3 is 14.4 Å². The molecule has 0 radical (unpaired) electrons. The maximum Gasteiger partial charge on any atom is 0.262 e. The number of hydrogen-bond donors (Lipinski definition) is 1. The fourth-order valence-electron chi connectivity index (χ4n) is 2.18. The maximum absolute atomic E-state index is 12.0. The third-order valence-electron chi connectivity index (χ3n) is 3.42. The van der Waals surface area contributed by atoms with Crippen molar-refractivity contribution in [2.24, 2.45) is 5.10 Å². The number of benzene rings is 1. The van der Waals surface area contributed by atoms with Gasteiger partial charge in [0.25, 0.3) is 5.91 Å². The number of likely N-dealkylation sites (N-methyl/N-ethyl adjacent to an activating group) is 1. The summed E-state index contributed by atoms with van der Waals surface area (Å²) in [6, 6.07) is 11.0. The molecule has 0 saturated carbocycles. The van der Waals surface area contributed by atoms with Crippen LogP contribution in [0.3, 0.4) is 0 Å². The van der Waals surface area contributed by atoms with Gasteiger partial charge in [0.15, 0.2) is 17.6 Å². The van der Waals surface area contributed by atoms with Gasteiger partial charge in [-0.15, -0.1) is 0 Å². The van der Waals surface area contributed by atoms with Crippen LogP contribution >= 0.6 is 0 Å². The van der Waals surface area contributed by atoms with Crippen molar-refractivity contribution in [2.75, 3.05) is 26.1 Å². The minimum Gasteiger partial charge on any atom is -0.490 e. The molecule has 138 valence electrons. The molecule has 0 aliphatic rings. The summed E-state index contributed by atoms with van der Waals surface area (Å²) in [6.07, 6.45) is 2.75. The SMILES string of the molecule is CCOc1cc(/C=N\Nc2ccccn2)ccc1O[C@@H](C)C(=O)N(C)C. The molecular formula is C19H24N4O3. The molecule has 1 heterocycles. The van der Waals surface area contributed by atoms with Crippen LogP contribution in [-0.2, 0) is 4.79 Å². The van der Waals surface area contributed by atoms with Crippen LogP contribution < -0.4 is 14.9 Å². The molecular weight excluding hydrogens is 332 g/mol. The fraction of sp³-hybridized carbons (Fsp3) is 0.316. The van der Waals surface area contributed by atoms with E-state index in [0.717, 1.165) is 5.56 Å². The Bertz CT molecular complexity index is 748. The van der Waals surface area contributed by atoms with E-state index >= 15 is 0 Å². The highest BCUT2D eigenvalue weighted by molar-refractivity contribution is 5.82. The van der Waals surface area contributed by atoms with Crippen molar-refractivity contribution in [3.63, 3.8) is 0 Å². The number of amides is 1. The molecule has 0 aliphatic heterocycles. The van der Waals surface area contributed by atoms with Crippen LogP contribution in [0, 0.1) is 0 Å². The molecule has 0 bridgehead atoms. The van der Waals surface area contributed by atoms with Gasteiger partial charge in [0, 0.05) is 20.3 Å². The summed E-state index contributed by atoms with van der Waals surface area (Å²) in [4.78, 5) is 17.6. The van der Waals surface area contributed by atoms with E-state index in [-0.39, 0.29) is 5.91 Å². The Morgan fingerprint density at radius 2 is 2.12 bits per heavy atom. The molecule has 1 atom stereocenters. The predicted molar refractivity (Wildman–Crippen MR) is 102 cm³/mol. The van der Waals surface area contributed by atoms with Crippen molar-refractivity contribution in [1.29, 1.82) is 0 Å². The van der Waals surface area contributed by atoms with Crippen LogP contribution in [-0.4, -0.2) is 48.8 Å². The Morgan fingerprint density at radius 3 is 2.77 bits per heavy atom. The lowest BCUT2D eigenvalue weighted by Gasteiger charge is -2.20. The average molecular weight is 356 g/mol. The Labute approximate surface area is 153 Å². The van der Waals surface area contributed by atoms with E-state index in [2.05, 4.69) is 15.5 Å². The van der Waals surface area contributed by atoms with Crippen molar-refractivity contribution in [1.82, 2.24) is 9.88 Å². The summed E-state index contributed by atoms with van der Waals surface area (Å²) in [5.74, 6) is 1.62. The highest BCUT2D eigenvalue weighted by Crippen LogP contribution is 2.29. The first-order valence-electron chi connectivity index (χ1n) is 8.36. The Kier molecular flexibility index (Phi) is 6.96. The highest BCUT2D eigenvalue weighted by Gasteiger charge is 2.18. The Hall–Kier alpha value is -3.09. The molecule has 7 nitrogen and oxygen atoms in total. The molecule has 0 spiro atoms. The maximum atomic E-state index is 12.0. The second-order valence-corrected chi connectivity index (χ2v) is 5.72. The second-order valence-electron chi connectivity index (χ2n) is 5.72. The number of nitrogens with zero attached hydrogens (tertiary/aromatic N) is 3. The molecule has 2 rings (SSSR count). The summed E-state index contributed by atoms with van der Waals surface area (Å²) < 4.78 is 11.4. The molecule has 2 aromatic rings. The molecule has 1 aromatic carbocycles. The predicted octanol–water partition coefficient (Wildman–Crippen LogP) is 2.78. The first kappa shape index (κ1) is 19.2. The summed E-state index contributed by atoms with van der Waals surface area (Å²) in [5.41, 5.74) is 3.68. The van der Waals surface area contributed by atoms with E-state index in [1.165, 1.54) is 4.90 Å². The number of carbonyl (C=O) groups is 1. The average Bonchev–Trinajstić information content (AvgIpc) is 2.64. The number of rotatable bonds is 8. The normalized spacial score (nSPS) is 11.8. The van der Waals surface area contributed by atoms with E-state index in [9.17, 15) is 4.79 Å². The minimum absolute atomic E-state index is 0.113. The molecule has 26 heavy (non-hydrogen) atoms. The first-order valence-corrected chi connectivity index (χ1v) is 8.36. The molecule has 7 heteroatoms. The topological polar surface area (TPSA) is 76.0 Å². The Balaban J connectivity index is 2.10. The molecule has 1 N–H and O–H groups in total. The van der Waals surface area contributed by atoms with Crippen LogP contribution in [0.25, 0.3) is 0 Å². The van der Waals surface area contributed by atoms with Crippen molar-refractivity contribution < 1.29 is 14.3 Å². The zero-order valence-corrected chi connectivity index (χ0v) is 15.5. The van der Waals surface area contributed by atoms with Crippen LogP contribution in [0.15, 0.2) is 47.7 Å². The van der Waals surface area contributed by atoms with Gasteiger partial charge in [-0.2, -0.15) is 5.10 Å². The van der Waals surface area contributed by atoms with E-state index in [0.29, 0.717) is 23.9 Å². The summed E-state index contributed by atoms with van der Waals surface area (Å²) in [7, 11) is 3.39. The third-order valence-corrected chi connectivity index (χ3v) is 3.42. The molecule has 1 amide bonds. The Morgan fingerprint density at radius 1 is 1.31 bits per heavy atom. The van der Waals surface area contributed by atoms with Gasteiger partial charge in [0.1, 0.15) is 5.82 Å². The number of anilines is 1. The molecule has 0 unspecified atom stereocenters. The minimum atomic E-state index is -0.602. The lowest BCUT2D eigenvalue weighted by atomic mass is 10.2. The number of nitrogens with one attached hydrogen (secondary N) is 1. The van der Waals surface area contributed by atoms with Crippen LogP contribution in [0.1, 0.15) is 19.4 Å². The van der Waals surface area contributed by atoms with Gasteiger partial charge in [-0.3, -0.25) is 10.2 Å². The zero-order chi connectivity index (χ0) is 18.9. The lowest BCUT2D eigenvalue weighted by Crippen LogP contribution is -2.35. The number of pyridine rings is 1. The van der Waals surface area contributed by atoms with E-state index < -0.39 is 6.10 Å². The number of carbonyl (C=O) groups excluding carboxylic acids is 1. The van der Waals surface area contributed by atoms with Gasteiger partial charge in [0.2, 0.25) is 0 Å². The van der Waals surface area contributed by atoms with Gasteiger partial charge in [-0.25, -0.2) is 4.98 Å². The van der Waals surface area contributed by atoms with E-state index in [1.54, 1.807) is 39.5 Å². The van der Waals surface area contributed by atoms with Gasteiger partial charge in [0.05, 0.1) is 12.8 Å². The van der Waals surface area contributed by atoms with Crippen molar-refractivity contribution in [3.8, 4) is 11.5 Å². The first-order chi connectivity index (χ1) is 12.5. The summed E-state index contributed by atoms with van der Waals surface area (Å²) in [5, 5.41) is 4.16. The fourth-order valence-corrected chi connectivity index (χ4v) is 2.18. The van der Waals surface area contributed by atoms with Crippen molar-refractivity contribution in [2.45, 2.75) is 20.0 Å². The van der Waals surface area contributed by atoms with Gasteiger partial charge in [-0.05, 0) is 49.7 Å². The molecule has 1 aromatic heterocycles. The smallest absolute Gasteiger partial charge is 0.262 e. The number of hydrogen-bond acceptors (Lipinski definition) is 6. The lowest BCUT2D eigenvalue weighted by molar-refractivity contribution is -0.135. The quantitative estimate of drug-likeness (QED) is 0.581. The van der Waals surface area contributed by atoms with Crippen LogP contribution in [0.5, 0.6) is 11.5 Å². The second kappa shape index (κ2) is 9.41. The van der Waals surface area contributed by atoms with E-state index in [4.69, 9.17) is 9.47 Å². The van der Waals surface area contributed by atoms with Crippen LogP contribution in [0.4, 0.5) is 5.82 Å². The zero-order valence-electron chi connectivity index (χ0n) is 15.5. The van der Waals surface area contributed by atoms with E-state index in [1.807, 2.05) is 37.3 Å². The molecule has 0 aliphatic carbocycles. The van der Waals surface area contributed by atoms with Crippen molar-refractivity contribution in [3.05, 3.63) is 48.2 Å². The molecule has 0 saturated heterocycles. The van der Waals surface area contributed by atoms with Crippen molar-refractivity contribution >= 4 is 17.9 Å². The largest absolute Gasteiger partial charge is 0.490 e. The monoisotopic (exact) mass is 356 g/mol. The highest BCUT2D eigenvalue weighted by atomic mass is 16.5. The number of hydrazone groups is 1. The number of ether oxygens (including phenoxy) is 2. The summed E-state index contributed by atoms with van der Waals surface area (Å²) >= 11 is 0.